The molecular weight excluding hydrogens is 464 g/mol. The van der Waals surface area contributed by atoms with E-state index >= 15 is 0 Å². The molecule has 1 fully saturated rings. The molecular formula is C23H32N2O10. The van der Waals surface area contributed by atoms with Crippen LogP contribution >= 0.6 is 0 Å². The van der Waals surface area contributed by atoms with Crippen LogP contribution in [0.4, 0.5) is 0 Å². The lowest BCUT2D eigenvalue weighted by Crippen LogP contribution is -2.46. The number of hydrogen-bond acceptors (Lipinski definition) is 11. The number of aromatic nitrogens is 1. The van der Waals surface area contributed by atoms with Crippen molar-refractivity contribution in [3.63, 3.8) is 0 Å². The molecule has 12 nitrogen and oxygen atoms in total. The highest BCUT2D eigenvalue weighted by Crippen LogP contribution is 2.28. The third-order valence-electron chi connectivity index (χ3n) is 5.27. The molecule has 4 atom stereocenters. The first-order valence-corrected chi connectivity index (χ1v) is 11.3. The topological polar surface area (TPSA) is 160 Å². The molecule has 0 bridgehead atoms. The van der Waals surface area contributed by atoms with Gasteiger partial charge in [0.15, 0.2) is 29.3 Å². The zero-order valence-electron chi connectivity index (χ0n) is 20.4. The molecule has 35 heavy (non-hydrogen) atoms. The second kappa shape index (κ2) is 12.9. The van der Waals surface area contributed by atoms with Gasteiger partial charge < -0.3 is 34.1 Å². The molecule has 1 amide bonds. The predicted molar refractivity (Wildman–Crippen MR) is 120 cm³/mol. The van der Waals surface area contributed by atoms with E-state index in [9.17, 15) is 24.3 Å². The van der Waals surface area contributed by atoms with Crippen molar-refractivity contribution in [2.45, 2.75) is 52.4 Å². The average molecular weight is 497 g/mol. The van der Waals surface area contributed by atoms with Crippen LogP contribution in [0.2, 0.25) is 0 Å². The fraction of sp³-hybridized carbons (Fsp3) is 0.609. The number of pyridine rings is 1. The van der Waals surface area contributed by atoms with E-state index in [0.717, 1.165) is 0 Å². The fourth-order valence-corrected chi connectivity index (χ4v) is 3.31. The van der Waals surface area contributed by atoms with Gasteiger partial charge >= 0.3 is 17.9 Å². The summed E-state index contributed by atoms with van der Waals surface area (Å²) in [7, 11) is 1.30. The highest BCUT2D eigenvalue weighted by Gasteiger charge is 2.42. The van der Waals surface area contributed by atoms with Gasteiger partial charge in [0.1, 0.15) is 12.7 Å². The molecule has 0 spiro atoms. The minimum Gasteiger partial charge on any atom is -0.503 e. The lowest BCUT2D eigenvalue weighted by molar-refractivity contribution is -0.177. The van der Waals surface area contributed by atoms with Gasteiger partial charge in [-0.15, -0.1) is 0 Å². The second-order valence-corrected chi connectivity index (χ2v) is 8.16. The number of cyclic esters (lactones) is 2. The molecule has 1 aromatic heterocycles. The lowest BCUT2D eigenvalue weighted by Gasteiger charge is -2.29. The van der Waals surface area contributed by atoms with Crippen molar-refractivity contribution in [2.24, 2.45) is 11.8 Å². The summed E-state index contributed by atoms with van der Waals surface area (Å²) < 4.78 is 26.6. The summed E-state index contributed by atoms with van der Waals surface area (Å²) in [5.74, 6) is -5.11. The van der Waals surface area contributed by atoms with E-state index in [0.29, 0.717) is 6.61 Å². The van der Waals surface area contributed by atoms with Crippen LogP contribution in [0.25, 0.3) is 0 Å². The molecule has 194 valence electrons. The quantitative estimate of drug-likeness (QED) is 0.285. The van der Waals surface area contributed by atoms with Crippen LogP contribution in [0.3, 0.4) is 0 Å². The molecule has 1 aliphatic heterocycles. The van der Waals surface area contributed by atoms with E-state index in [1.54, 1.807) is 20.8 Å². The highest BCUT2D eigenvalue weighted by molar-refractivity contribution is 5.98. The summed E-state index contributed by atoms with van der Waals surface area (Å²) in [6.45, 7) is 6.61. The number of methoxy groups -OCH3 is 1. The Bertz CT molecular complexity index is 920. The van der Waals surface area contributed by atoms with E-state index in [1.165, 1.54) is 26.3 Å². The smallest absolute Gasteiger partial charge is 0.332 e. The molecule has 1 aliphatic rings. The van der Waals surface area contributed by atoms with Crippen molar-refractivity contribution in [3.8, 4) is 11.5 Å². The van der Waals surface area contributed by atoms with Crippen LogP contribution in [-0.2, 0) is 33.3 Å². The maximum absolute atomic E-state index is 12.9. The number of hydrogen-bond donors (Lipinski definition) is 2. The van der Waals surface area contributed by atoms with Gasteiger partial charge in [0.05, 0.1) is 18.9 Å². The van der Waals surface area contributed by atoms with Crippen molar-refractivity contribution < 1.29 is 48.0 Å². The number of rotatable bonds is 9. The molecule has 4 unspecified atom stereocenters. The fourth-order valence-electron chi connectivity index (χ4n) is 3.31. The van der Waals surface area contributed by atoms with E-state index in [4.69, 9.17) is 23.7 Å². The molecule has 1 saturated heterocycles. The van der Waals surface area contributed by atoms with Crippen LogP contribution in [0, 0.1) is 11.8 Å². The third kappa shape index (κ3) is 7.28. The molecule has 0 aromatic carbocycles. The van der Waals surface area contributed by atoms with Crippen molar-refractivity contribution in [1.29, 1.82) is 0 Å². The molecule has 0 saturated carbocycles. The molecule has 2 heterocycles. The van der Waals surface area contributed by atoms with Gasteiger partial charge in [0, 0.05) is 25.5 Å². The number of carbonyl (C=O) groups excluding carboxylic acids is 4. The Balaban J connectivity index is 2.28. The summed E-state index contributed by atoms with van der Waals surface area (Å²) in [5.41, 5.74) is -0.394. The second-order valence-electron chi connectivity index (χ2n) is 8.16. The van der Waals surface area contributed by atoms with Gasteiger partial charge in [0.25, 0.3) is 5.91 Å². The molecule has 1 aromatic rings. The van der Waals surface area contributed by atoms with Gasteiger partial charge in [-0.1, -0.05) is 13.8 Å². The first-order chi connectivity index (χ1) is 16.6. The van der Waals surface area contributed by atoms with Gasteiger partial charge in [-0.25, -0.2) is 9.78 Å². The molecule has 2 N–H and O–H groups in total. The number of amides is 1. The van der Waals surface area contributed by atoms with E-state index in [2.05, 4.69) is 10.3 Å². The normalized spacial score (nSPS) is 22.8. The van der Waals surface area contributed by atoms with E-state index < -0.39 is 72.0 Å². The Morgan fingerprint density at radius 1 is 1.29 bits per heavy atom. The maximum Gasteiger partial charge on any atom is 0.332 e. The van der Waals surface area contributed by atoms with Crippen LogP contribution in [0.5, 0.6) is 11.5 Å². The highest BCUT2D eigenvalue weighted by atomic mass is 16.6. The summed E-state index contributed by atoms with van der Waals surface area (Å²) in [5, 5.41) is 12.5. The minimum atomic E-state index is -1.41. The third-order valence-corrected chi connectivity index (χ3v) is 5.27. The minimum absolute atomic E-state index is 0.00851. The summed E-state index contributed by atoms with van der Waals surface area (Å²) in [6, 6.07) is -0.0569. The summed E-state index contributed by atoms with van der Waals surface area (Å²) in [6.07, 6.45) is -0.762. The van der Waals surface area contributed by atoms with Gasteiger partial charge in [-0.3, -0.25) is 14.4 Å². The van der Waals surface area contributed by atoms with Crippen molar-refractivity contribution in [3.05, 3.63) is 18.0 Å². The summed E-state index contributed by atoms with van der Waals surface area (Å²) in [4.78, 5) is 54.6. The van der Waals surface area contributed by atoms with Gasteiger partial charge in [0.2, 0.25) is 0 Å². The number of nitrogens with one attached hydrogen (secondary N) is 1. The number of aromatic hydroxyl groups is 1. The number of nitrogens with zero attached hydrogens (tertiary/aromatic N) is 1. The molecule has 0 radical (unpaired) electrons. The Kier molecular flexibility index (Phi) is 10.2. The Labute approximate surface area is 203 Å². The van der Waals surface area contributed by atoms with Crippen LogP contribution in [0.1, 0.15) is 44.6 Å². The van der Waals surface area contributed by atoms with E-state index in [1.807, 2.05) is 0 Å². The predicted octanol–water partition coefficient (Wildman–Crippen LogP) is 0.993. The Morgan fingerprint density at radius 2 is 2.00 bits per heavy atom. The number of ether oxygens (including phenoxy) is 5. The van der Waals surface area contributed by atoms with E-state index in [-0.39, 0.29) is 18.8 Å². The average Bonchev–Trinajstić information content (AvgIpc) is 2.85. The Morgan fingerprint density at radius 3 is 2.63 bits per heavy atom. The summed E-state index contributed by atoms with van der Waals surface area (Å²) >= 11 is 0. The Hall–Kier alpha value is -3.41. The van der Waals surface area contributed by atoms with Crippen molar-refractivity contribution >= 4 is 23.8 Å². The van der Waals surface area contributed by atoms with Crippen molar-refractivity contribution in [2.75, 3.05) is 26.9 Å². The number of carbonyl (C=O) groups is 4. The number of esters is 3. The monoisotopic (exact) mass is 496 g/mol. The molecule has 12 heteroatoms. The first kappa shape index (κ1) is 27.8. The zero-order valence-corrected chi connectivity index (χ0v) is 20.4. The largest absolute Gasteiger partial charge is 0.503 e. The van der Waals surface area contributed by atoms with Gasteiger partial charge in [-0.05, 0) is 20.3 Å². The SMILES string of the molecule is CCOCCC1C(=O)OCC(NC(=O)c2nccc(OC)c2O)C(=O)OC(C)C1OC(=O)C(C)C. The zero-order chi connectivity index (χ0) is 26.1. The van der Waals surface area contributed by atoms with Crippen LogP contribution in [-0.4, -0.2) is 79.1 Å². The van der Waals surface area contributed by atoms with Crippen LogP contribution in [0.15, 0.2) is 12.3 Å². The molecule has 0 aliphatic carbocycles. The van der Waals surface area contributed by atoms with Crippen LogP contribution < -0.4 is 10.1 Å². The first-order valence-electron chi connectivity index (χ1n) is 11.3. The molecule has 2 rings (SSSR count). The lowest BCUT2D eigenvalue weighted by atomic mass is 9.94. The maximum atomic E-state index is 12.9. The van der Waals surface area contributed by atoms with Crippen molar-refractivity contribution in [1.82, 2.24) is 10.3 Å². The van der Waals surface area contributed by atoms with Gasteiger partial charge in [-0.2, -0.15) is 0 Å². The standard InChI is InChI=1S/C23H32N2O10/c1-6-32-10-8-14-19(35-21(28)12(2)3)13(4)34-23(30)15(11-33-22(14)29)25-20(27)17-18(26)16(31-5)7-9-24-17/h7,9,12-15,19,26H,6,8,10-11H2,1-5H3,(H,25,27).